The Bertz CT molecular complexity index is 1100. The number of benzene rings is 3. The van der Waals surface area contributed by atoms with Gasteiger partial charge in [0, 0.05) is 16.6 Å². The van der Waals surface area contributed by atoms with Gasteiger partial charge in [0.05, 0.1) is 4.90 Å². The second kappa shape index (κ2) is 10.1. The Balaban J connectivity index is 1.79. The Morgan fingerprint density at radius 2 is 1.50 bits per heavy atom. The predicted molar refractivity (Wildman–Crippen MR) is 119 cm³/mol. The highest BCUT2D eigenvalue weighted by Gasteiger charge is 2.26. The summed E-state index contributed by atoms with van der Waals surface area (Å²) in [5.41, 5.74) is 1.57. The minimum atomic E-state index is -3.93. The summed E-state index contributed by atoms with van der Waals surface area (Å²) in [7, 11) is -3.93. The van der Waals surface area contributed by atoms with Crippen molar-refractivity contribution in [1.82, 2.24) is 10.0 Å². The van der Waals surface area contributed by atoms with Crippen molar-refractivity contribution in [3.05, 3.63) is 100 Å². The lowest BCUT2D eigenvalue weighted by molar-refractivity contribution is -0.122. The van der Waals surface area contributed by atoms with Crippen LogP contribution in [0, 0.1) is 0 Å². The molecule has 0 heterocycles. The van der Waals surface area contributed by atoms with E-state index in [1.807, 2.05) is 36.4 Å². The van der Waals surface area contributed by atoms with E-state index in [2.05, 4.69) is 10.0 Å². The molecule has 3 aromatic rings. The normalized spacial score (nSPS) is 12.3. The molecular weight excluding hydrogens is 443 g/mol. The summed E-state index contributed by atoms with van der Waals surface area (Å²) in [6.45, 7) is 0.187. The molecule has 1 amide bonds. The quantitative estimate of drug-likeness (QED) is 0.526. The second-order valence-corrected chi connectivity index (χ2v) is 9.18. The number of carbonyl (C=O) groups excluding carboxylic acids is 1. The Hall–Kier alpha value is -2.38. The molecule has 0 spiro atoms. The first kappa shape index (κ1) is 22.3. The van der Waals surface area contributed by atoms with Gasteiger partial charge in [-0.3, -0.25) is 4.79 Å². The van der Waals surface area contributed by atoms with Gasteiger partial charge in [-0.25, -0.2) is 8.42 Å². The van der Waals surface area contributed by atoms with Crippen molar-refractivity contribution < 1.29 is 13.2 Å². The first-order valence-electron chi connectivity index (χ1n) is 9.18. The van der Waals surface area contributed by atoms with Crippen molar-refractivity contribution in [2.24, 2.45) is 0 Å². The standard InChI is InChI=1S/C22H20Cl2N2O3S/c23-18-10-12-19(13-11-18)30(28,29)26-21(14-16-6-2-1-3-7-16)22(27)25-15-17-8-4-5-9-20(17)24/h1-13,21,26H,14-15H2,(H,25,27)/t21-/m0/s1. The molecule has 8 heteroatoms. The van der Waals surface area contributed by atoms with E-state index in [1.54, 1.807) is 18.2 Å². The molecule has 0 aliphatic carbocycles. The van der Waals surface area contributed by atoms with Crippen LogP contribution in [0.2, 0.25) is 10.0 Å². The van der Waals surface area contributed by atoms with Gasteiger partial charge >= 0.3 is 0 Å². The van der Waals surface area contributed by atoms with Crippen LogP contribution in [0.15, 0.2) is 83.8 Å². The molecule has 0 aromatic heterocycles. The zero-order valence-electron chi connectivity index (χ0n) is 15.9. The van der Waals surface area contributed by atoms with Crippen molar-refractivity contribution in [1.29, 1.82) is 0 Å². The van der Waals surface area contributed by atoms with Gasteiger partial charge < -0.3 is 5.32 Å². The fourth-order valence-corrected chi connectivity index (χ4v) is 4.38. The van der Waals surface area contributed by atoms with Crippen LogP contribution in [-0.2, 0) is 27.8 Å². The first-order chi connectivity index (χ1) is 14.3. The Morgan fingerprint density at radius 3 is 2.17 bits per heavy atom. The highest BCUT2D eigenvalue weighted by Crippen LogP contribution is 2.16. The Morgan fingerprint density at radius 1 is 0.867 bits per heavy atom. The van der Waals surface area contributed by atoms with Crippen molar-refractivity contribution in [3.63, 3.8) is 0 Å². The summed E-state index contributed by atoms with van der Waals surface area (Å²) in [4.78, 5) is 12.9. The van der Waals surface area contributed by atoms with Gasteiger partial charge in [-0.1, -0.05) is 71.7 Å². The molecule has 2 N–H and O–H groups in total. The number of rotatable bonds is 8. The van der Waals surface area contributed by atoms with Gasteiger partial charge in [-0.2, -0.15) is 4.72 Å². The lowest BCUT2D eigenvalue weighted by Crippen LogP contribution is -2.47. The van der Waals surface area contributed by atoms with Gasteiger partial charge in [-0.15, -0.1) is 0 Å². The summed E-state index contributed by atoms with van der Waals surface area (Å²) < 4.78 is 28.2. The molecule has 0 saturated heterocycles. The summed E-state index contributed by atoms with van der Waals surface area (Å²) in [6, 6.07) is 21.1. The van der Waals surface area contributed by atoms with Gasteiger partial charge in [0.2, 0.25) is 15.9 Å². The molecule has 156 valence electrons. The number of halogens is 2. The number of hydrogen-bond donors (Lipinski definition) is 2. The van der Waals surface area contributed by atoms with Crippen LogP contribution in [0.4, 0.5) is 0 Å². The zero-order valence-corrected chi connectivity index (χ0v) is 18.2. The van der Waals surface area contributed by atoms with E-state index in [1.165, 1.54) is 24.3 Å². The van der Waals surface area contributed by atoms with Crippen LogP contribution < -0.4 is 10.0 Å². The molecule has 0 fully saturated rings. The number of sulfonamides is 1. The van der Waals surface area contributed by atoms with Gasteiger partial charge in [0.25, 0.3) is 0 Å². The molecule has 3 rings (SSSR count). The maximum absolute atomic E-state index is 12.9. The maximum atomic E-state index is 12.9. The van der Waals surface area contributed by atoms with Crippen LogP contribution in [0.25, 0.3) is 0 Å². The van der Waals surface area contributed by atoms with Crippen molar-refractivity contribution in [3.8, 4) is 0 Å². The molecule has 5 nitrogen and oxygen atoms in total. The zero-order chi connectivity index (χ0) is 21.6. The fraction of sp³-hybridized carbons (Fsp3) is 0.136. The monoisotopic (exact) mass is 462 g/mol. The third kappa shape index (κ3) is 6.06. The average molecular weight is 463 g/mol. The molecular formula is C22H20Cl2N2O3S. The summed E-state index contributed by atoms with van der Waals surface area (Å²) in [6.07, 6.45) is 0.196. The van der Waals surface area contributed by atoms with Crippen LogP contribution in [0.5, 0.6) is 0 Å². The topological polar surface area (TPSA) is 75.3 Å². The molecule has 0 radical (unpaired) electrons. The van der Waals surface area contributed by atoms with E-state index in [9.17, 15) is 13.2 Å². The molecule has 0 saturated carbocycles. The van der Waals surface area contributed by atoms with Crippen LogP contribution >= 0.6 is 23.2 Å². The smallest absolute Gasteiger partial charge is 0.241 e. The van der Waals surface area contributed by atoms with Crippen LogP contribution in [0.3, 0.4) is 0 Å². The first-order valence-corrected chi connectivity index (χ1v) is 11.4. The molecule has 1 atom stereocenters. The SMILES string of the molecule is O=C(NCc1ccccc1Cl)[C@H](Cc1ccccc1)NS(=O)(=O)c1ccc(Cl)cc1. The summed E-state index contributed by atoms with van der Waals surface area (Å²) in [5.74, 6) is -0.448. The lowest BCUT2D eigenvalue weighted by Gasteiger charge is -2.19. The highest BCUT2D eigenvalue weighted by atomic mass is 35.5. The molecule has 0 aliphatic rings. The molecule has 30 heavy (non-hydrogen) atoms. The van der Waals surface area contributed by atoms with Crippen LogP contribution in [-0.4, -0.2) is 20.4 Å². The van der Waals surface area contributed by atoms with Crippen molar-refractivity contribution in [2.75, 3.05) is 0 Å². The molecule has 3 aromatic carbocycles. The van der Waals surface area contributed by atoms with E-state index >= 15 is 0 Å². The third-order valence-corrected chi connectivity index (χ3v) is 6.54. The second-order valence-electron chi connectivity index (χ2n) is 6.63. The molecule has 0 bridgehead atoms. The average Bonchev–Trinajstić information content (AvgIpc) is 2.73. The maximum Gasteiger partial charge on any atom is 0.241 e. The minimum absolute atomic E-state index is 0.0314. The number of nitrogens with one attached hydrogen (secondary N) is 2. The Kier molecular flexibility index (Phi) is 7.50. The lowest BCUT2D eigenvalue weighted by atomic mass is 10.1. The van der Waals surface area contributed by atoms with Crippen molar-refractivity contribution in [2.45, 2.75) is 23.9 Å². The van der Waals surface area contributed by atoms with E-state index in [0.29, 0.717) is 10.0 Å². The summed E-state index contributed by atoms with van der Waals surface area (Å²) in [5, 5.41) is 3.72. The van der Waals surface area contributed by atoms with Crippen LogP contribution in [0.1, 0.15) is 11.1 Å². The van der Waals surface area contributed by atoms with Gasteiger partial charge in [0.15, 0.2) is 0 Å². The van der Waals surface area contributed by atoms with E-state index in [-0.39, 0.29) is 17.9 Å². The number of amides is 1. The third-order valence-electron chi connectivity index (χ3n) is 4.43. The van der Waals surface area contributed by atoms with Gasteiger partial charge in [0.1, 0.15) is 6.04 Å². The van der Waals surface area contributed by atoms with Gasteiger partial charge in [-0.05, 0) is 47.9 Å². The number of hydrogen-bond acceptors (Lipinski definition) is 3. The summed E-state index contributed by atoms with van der Waals surface area (Å²) >= 11 is 12.0. The molecule has 0 unspecified atom stereocenters. The van der Waals surface area contributed by atoms with Crippen molar-refractivity contribution >= 4 is 39.1 Å². The van der Waals surface area contributed by atoms with E-state index in [4.69, 9.17) is 23.2 Å². The number of carbonyl (C=O) groups is 1. The van der Waals surface area contributed by atoms with E-state index < -0.39 is 22.0 Å². The minimum Gasteiger partial charge on any atom is -0.351 e. The predicted octanol–water partition coefficient (Wildman–Crippen LogP) is 4.20. The Labute approximate surface area is 186 Å². The fourth-order valence-electron chi connectivity index (χ4n) is 2.85. The molecule has 0 aliphatic heterocycles. The largest absolute Gasteiger partial charge is 0.351 e. The highest BCUT2D eigenvalue weighted by molar-refractivity contribution is 7.89. The van der Waals surface area contributed by atoms with E-state index in [0.717, 1.165) is 11.1 Å².